The predicted molar refractivity (Wildman–Crippen MR) is 77.5 cm³/mol. The van der Waals surface area contributed by atoms with E-state index in [4.69, 9.17) is 11.6 Å². The number of rotatable bonds is 3. The number of aromatic nitrogens is 1. The van der Waals surface area contributed by atoms with Crippen LogP contribution in [0.5, 0.6) is 0 Å². The van der Waals surface area contributed by atoms with E-state index < -0.39 is 0 Å². The van der Waals surface area contributed by atoms with Gasteiger partial charge in [0.1, 0.15) is 0 Å². The van der Waals surface area contributed by atoms with Gasteiger partial charge in [0.25, 0.3) is 0 Å². The monoisotopic (exact) mass is 290 g/mol. The molecule has 5 heteroatoms. The summed E-state index contributed by atoms with van der Waals surface area (Å²) in [5.74, 6) is 0. The fraction of sp³-hybridized carbons (Fsp3) is 0.0833. The molecule has 1 aromatic carbocycles. The Morgan fingerprint density at radius 1 is 1.06 bits per heavy atom. The molecular weight excluding hydrogens is 279 g/mol. The average molecular weight is 292 g/mol. The van der Waals surface area contributed by atoms with Gasteiger partial charge in [0.05, 0.1) is 0 Å². The van der Waals surface area contributed by atoms with Crippen LogP contribution in [0.2, 0.25) is 5.02 Å². The van der Waals surface area contributed by atoms with E-state index in [0.717, 1.165) is 17.3 Å². The molecule has 0 aliphatic carbocycles. The summed E-state index contributed by atoms with van der Waals surface area (Å²) < 4.78 is 0. The van der Waals surface area contributed by atoms with Crippen molar-refractivity contribution in [2.24, 2.45) is 0 Å². The highest BCUT2D eigenvalue weighted by Crippen LogP contribution is 2.12. The molecule has 0 bridgehead atoms. The van der Waals surface area contributed by atoms with E-state index in [0.29, 0.717) is 0 Å². The van der Waals surface area contributed by atoms with E-state index in [1.54, 1.807) is 12.4 Å². The van der Waals surface area contributed by atoms with Gasteiger partial charge in [-0.1, -0.05) is 23.7 Å². The highest BCUT2D eigenvalue weighted by atomic mass is 35.5. The largest absolute Gasteiger partial charge is 0.381 e. The second kappa shape index (κ2) is 8.18. The van der Waals surface area contributed by atoms with Gasteiger partial charge < -0.3 is 5.32 Å². The van der Waals surface area contributed by atoms with Crippen LogP contribution in [0.15, 0.2) is 48.8 Å². The lowest BCUT2D eigenvalue weighted by Crippen LogP contribution is -1.98. The maximum atomic E-state index is 5.89. The van der Waals surface area contributed by atoms with Crippen LogP contribution < -0.4 is 5.32 Å². The third-order valence-corrected chi connectivity index (χ3v) is 2.30. The van der Waals surface area contributed by atoms with E-state index in [2.05, 4.69) is 10.3 Å². The quantitative estimate of drug-likeness (QED) is 0.917. The number of nitrogens with zero attached hydrogens (tertiary/aromatic N) is 1. The molecule has 0 saturated carbocycles. The van der Waals surface area contributed by atoms with E-state index in [-0.39, 0.29) is 24.8 Å². The van der Waals surface area contributed by atoms with Gasteiger partial charge in [-0.05, 0) is 29.8 Å². The van der Waals surface area contributed by atoms with Crippen LogP contribution in [0.4, 0.5) is 5.69 Å². The molecule has 0 amide bonds. The summed E-state index contributed by atoms with van der Waals surface area (Å²) in [6.45, 7) is 0.768. The van der Waals surface area contributed by atoms with Gasteiger partial charge in [0.2, 0.25) is 0 Å². The molecule has 2 aromatic rings. The molecule has 2 rings (SSSR count). The smallest absolute Gasteiger partial charge is 0.0409 e. The summed E-state index contributed by atoms with van der Waals surface area (Å²) in [4.78, 5) is 3.95. The Morgan fingerprint density at radius 2 is 1.76 bits per heavy atom. The highest BCUT2D eigenvalue weighted by Gasteiger charge is 1.94. The second-order valence-electron chi connectivity index (χ2n) is 3.22. The van der Waals surface area contributed by atoms with Crippen LogP contribution in [0.1, 0.15) is 5.56 Å². The lowest BCUT2D eigenvalue weighted by Gasteiger charge is -2.05. The molecule has 0 fully saturated rings. The number of pyridine rings is 1. The molecule has 0 atom stereocenters. The van der Waals surface area contributed by atoms with Gasteiger partial charge in [-0.15, -0.1) is 24.8 Å². The summed E-state index contributed by atoms with van der Waals surface area (Å²) >= 11 is 5.89. The fourth-order valence-corrected chi connectivity index (χ4v) is 1.53. The van der Waals surface area contributed by atoms with E-state index in [1.807, 2.05) is 36.4 Å². The molecule has 1 N–H and O–H groups in total. The molecule has 0 unspecified atom stereocenters. The molecule has 0 aliphatic rings. The summed E-state index contributed by atoms with van der Waals surface area (Å²) in [5, 5.41) is 4.06. The Bertz CT molecular complexity index is 435. The van der Waals surface area contributed by atoms with Gasteiger partial charge in [0, 0.05) is 29.6 Å². The van der Waals surface area contributed by atoms with Crippen molar-refractivity contribution in [2.75, 3.05) is 5.32 Å². The Hall–Kier alpha value is -0.960. The Balaban J connectivity index is 0.00000128. The molecule has 0 aliphatic heterocycles. The minimum Gasteiger partial charge on any atom is -0.381 e. The zero-order valence-electron chi connectivity index (χ0n) is 8.97. The second-order valence-corrected chi connectivity index (χ2v) is 3.66. The van der Waals surface area contributed by atoms with Crippen molar-refractivity contribution in [3.05, 3.63) is 59.4 Å². The summed E-state index contributed by atoms with van der Waals surface area (Å²) in [6, 6.07) is 11.7. The van der Waals surface area contributed by atoms with Crippen LogP contribution in [0.25, 0.3) is 0 Å². The van der Waals surface area contributed by atoms with Crippen molar-refractivity contribution in [1.29, 1.82) is 0 Å². The summed E-state index contributed by atoms with van der Waals surface area (Å²) in [7, 11) is 0. The van der Waals surface area contributed by atoms with Crippen molar-refractivity contribution in [2.45, 2.75) is 6.54 Å². The maximum absolute atomic E-state index is 5.89. The van der Waals surface area contributed by atoms with Gasteiger partial charge >= 0.3 is 0 Å². The Labute approximate surface area is 118 Å². The Kier molecular flexibility index (Phi) is 7.72. The van der Waals surface area contributed by atoms with Crippen molar-refractivity contribution in [3.63, 3.8) is 0 Å². The highest BCUT2D eigenvalue weighted by molar-refractivity contribution is 6.30. The van der Waals surface area contributed by atoms with Crippen LogP contribution in [0.3, 0.4) is 0 Å². The summed E-state index contributed by atoms with van der Waals surface area (Å²) in [5.41, 5.74) is 2.23. The van der Waals surface area contributed by atoms with Crippen molar-refractivity contribution >= 4 is 42.1 Å². The van der Waals surface area contributed by atoms with Crippen molar-refractivity contribution < 1.29 is 0 Å². The first kappa shape index (κ1) is 16.0. The van der Waals surface area contributed by atoms with Gasteiger partial charge in [-0.2, -0.15) is 0 Å². The lowest BCUT2D eigenvalue weighted by atomic mass is 10.2. The van der Waals surface area contributed by atoms with Gasteiger partial charge in [-0.3, -0.25) is 4.98 Å². The fourth-order valence-electron chi connectivity index (χ4n) is 1.32. The van der Waals surface area contributed by atoms with Crippen LogP contribution >= 0.6 is 36.4 Å². The molecule has 0 radical (unpaired) electrons. The number of hydrogen-bond donors (Lipinski definition) is 1. The minimum absolute atomic E-state index is 0. The first-order valence-corrected chi connectivity index (χ1v) is 5.11. The van der Waals surface area contributed by atoms with Gasteiger partial charge in [0.15, 0.2) is 0 Å². The number of halogens is 3. The van der Waals surface area contributed by atoms with Gasteiger partial charge in [-0.25, -0.2) is 0 Å². The lowest BCUT2D eigenvalue weighted by molar-refractivity contribution is 1.14. The SMILES string of the molecule is Cl.Cl.Clc1cccc(CNc2ccncc2)c1. The molecule has 17 heavy (non-hydrogen) atoms. The number of nitrogens with one attached hydrogen (secondary N) is 1. The predicted octanol–water partition coefficient (Wildman–Crippen LogP) is 4.19. The zero-order chi connectivity index (χ0) is 10.5. The molecular formula is C12H13Cl3N2. The Morgan fingerprint density at radius 3 is 2.41 bits per heavy atom. The van der Waals surface area contributed by atoms with E-state index >= 15 is 0 Å². The first-order chi connectivity index (χ1) is 7.34. The van der Waals surface area contributed by atoms with Crippen molar-refractivity contribution in [1.82, 2.24) is 4.98 Å². The first-order valence-electron chi connectivity index (χ1n) is 4.73. The van der Waals surface area contributed by atoms with Crippen molar-refractivity contribution in [3.8, 4) is 0 Å². The number of anilines is 1. The molecule has 1 aromatic heterocycles. The van der Waals surface area contributed by atoms with Crippen LogP contribution in [-0.4, -0.2) is 4.98 Å². The average Bonchev–Trinajstić information content (AvgIpc) is 2.28. The third kappa shape index (κ3) is 5.26. The van der Waals surface area contributed by atoms with E-state index in [1.165, 1.54) is 5.56 Å². The molecule has 2 nitrogen and oxygen atoms in total. The van der Waals surface area contributed by atoms with E-state index in [9.17, 15) is 0 Å². The summed E-state index contributed by atoms with van der Waals surface area (Å²) in [6.07, 6.45) is 3.53. The topological polar surface area (TPSA) is 24.9 Å². The number of hydrogen-bond acceptors (Lipinski definition) is 2. The molecule has 0 saturated heterocycles. The maximum Gasteiger partial charge on any atom is 0.0409 e. The normalized spacial score (nSPS) is 8.76. The zero-order valence-corrected chi connectivity index (χ0v) is 11.4. The third-order valence-electron chi connectivity index (χ3n) is 2.07. The number of benzene rings is 1. The minimum atomic E-state index is 0. The molecule has 92 valence electrons. The molecule has 0 spiro atoms. The standard InChI is InChI=1S/C12H11ClN2.2ClH/c13-11-3-1-2-10(8-11)9-15-12-4-6-14-7-5-12;;/h1-8H,9H2,(H,14,15);2*1H. The molecule has 1 heterocycles. The van der Waals surface area contributed by atoms with Crippen LogP contribution in [0, 0.1) is 0 Å². The van der Waals surface area contributed by atoms with Crippen LogP contribution in [-0.2, 0) is 6.54 Å².